The van der Waals surface area contributed by atoms with Gasteiger partial charge in [-0.3, -0.25) is 19.7 Å². The molecular formula is C24H15BrN2O5. The fourth-order valence-electron chi connectivity index (χ4n) is 4.06. The summed E-state index contributed by atoms with van der Waals surface area (Å²) < 4.78 is 6.63. The molecule has 0 unspecified atom stereocenters. The van der Waals surface area contributed by atoms with Crippen LogP contribution in [-0.2, 0) is 6.54 Å². The SMILES string of the molecule is O=C1c2oc3ccc(Br)cc3c(=O)c2[C@H](c2ccc([N+](=O)[O-])cc2)N1Cc1ccccc1. The van der Waals surface area contributed by atoms with Crippen molar-refractivity contribution in [2.24, 2.45) is 0 Å². The van der Waals surface area contributed by atoms with Crippen LogP contribution in [0.15, 0.2) is 86.5 Å². The number of nitrogens with zero attached hydrogens (tertiary/aromatic N) is 2. The molecule has 1 aliphatic rings. The molecule has 0 N–H and O–H groups in total. The Kier molecular flexibility index (Phi) is 4.86. The van der Waals surface area contributed by atoms with Gasteiger partial charge in [0.25, 0.3) is 11.6 Å². The van der Waals surface area contributed by atoms with Crippen LogP contribution in [0.2, 0.25) is 0 Å². The van der Waals surface area contributed by atoms with Crippen LogP contribution in [0.1, 0.15) is 33.3 Å². The zero-order valence-electron chi connectivity index (χ0n) is 16.5. The highest BCUT2D eigenvalue weighted by Crippen LogP contribution is 2.39. The predicted molar refractivity (Wildman–Crippen MR) is 121 cm³/mol. The van der Waals surface area contributed by atoms with Gasteiger partial charge in [0.2, 0.25) is 5.76 Å². The second kappa shape index (κ2) is 7.72. The van der Waals surface area contributed by atoms with Crippen LogP contribution in [-0.4, -0.2) is 15.7 Å². The van der Waals surface area contributed by atoms with Gasteiger partial charge in [-0.2, -0.15) is 0 Å². The molecule has 32 heavy (non-hydrogen) atoms. The predicted octanol–water partition coefficient (Wildman–Crippen LogP) is 5.21. The number of fused-ring (bicyclic) bond motifs is 2. The van der Waals surface area contributed by atoms with Gasteiger partial charge in [-0.25, -0.2) is 0 Å². The van der Waals surface area contributed by atoms with Crippen molar-refractivity contribution in [3.63, 3.8) is 0 Å². The first kappa shape index (κ1) is 20.1. The van der Waals surface area contributed by atoms with E-state index in [1.54, 1.807) is 35.2 Å². The quantitative estimate of drug-likeness (QED) is 0.289. The Morgan fingerprint density at radius 1 is 1.00 bits per heavy atom. The van der Waals surface area contributed by atoms with Gasteiger partial charge in [-0.15, -0.1) is 0 Å². The molecule has 1 aromatic heterocycles. The van der Waals surface area contributed by atoms with E-state index < -0.39 is 16.9 Å². The molecule has 0 fully saturated rings. The minimum atomic E-state index is -0.724. The summed E-state index contributed by atoms with van der Waals surface area (Å²) in [6.45, 7) is 0.255. The fraction of sp³-hybridized carbons (Fsp3) is 0.0833. The normalized spacial score (nSPS) is 15.2. The summed E-state index contributed by atoms with van der Waals surface area (Å²) in [5.41, 5.74) is 1.69. The molecule has 0 spiro atoms. The highest BCUT2D eigenvalue weighted by Gasteiger charge is 2.42. The molecule has 158 valence electrons. The van der Waals surface area contributed by atoms with E-state index in [1.165, 1.54) is 12.1 Å². The highest BCUT2D eigenvalue weighted by molar-refractivity contribution is 9.10. The number of carbonyl (C=O) groups excluding carboxylic acids is 1. The Balaban J connectivity index is 1.72. The molecule has 0 bridgehead atoms. The summed E-state index contributed by atoms with van der Waals surface area (Å²) in [4.78, 5) is 39.1. The summed E-state index contributed by atoms with van der Waals surface area (Å²) >= 11 is 3.37. The van der Waals surface area contributed by atoms with Crippen LogP contribution < -0.4 is 5.43 Å². The average Bonchev–Trinajstić information content (AvgIpc) is 3.07. The third-order valence-electron chi connectivity index (χ3n) is 5.54. The van der Waals surface area contributed by atoms with Crippen molar-refractivity contribution in [1.82, 2.24) is 4.90 Å². The molecule has 8 heteroatoms. The van der Waals surface area contributed by atoms with Crippen molar-refractivity contribution in [1.29, 1.82) is 0 Å². The first-order chi connectivity index (χ1) is 15.4. The molecule has 1 atom stereocenters. The first-order valence-electron chi connectivity index (χ1n) is 9.79. The molecule has 5 rings (SSSR count). The summed E-state index contributed by atoms with van der Waals surface area (Å²) in [7, 11) is 0. The maximum Gasteiger partial charge on any atom is 0.291 e. The maximum atomic E-state index is 13.5. The Morgan fingerprint density at radius 3 is 2.41 bits per heavy atom. The third-order valence-corrected chi connectivity index (χ3v) is 6.04. The van der Waals surface area contributed by atoms with Crippen LogP contribution >= 0.6 is 15.9 Å². The number of benzene rings is 3. The van der Waals surface area contributed by atoms with Crippen molar-refractivity contribution in [3.05, 3.63) is 120 Å². The number of non-ortho nitro benzene ring substituents is 1. The molecule has 0 saturated heterocycles. The Bertz CT molecular complexity index is 1430. The summed E-state index contributed by atoms with van der Waals surface area (Å²) in [6.07, 6.45) is 0. The van der Waals surface area contributed by atoms with Crippen molar-refractivity contribution >= 4 is 38.5 Å². The number of halogens is 1. The van der Waals surface area contributed by atoms with Crippen LogP contribution in [0, 0.1) is 10.1 Å². The van der Waals surface area contributed by atoms with Gasteiger partial charge >= 0.3 is 0 Å². The van der Waals surface area contributed by atoms with Gasteiger partial charge in [0.05, 0.1) is 21.9 Å². The Morgan fingerprint density at radius 2 is 1.72 bits per heavy atom. The molecule has 0 radical (unpaired) electrons. The van der Waals surface area contributed by atoms with Crippen LogP contribution in [0.3, 0.4) is 0 Å². The third kappa shape index (κ3) is 3.29. The van der Waals surface area contributed by atoms with Gasteiger partial charge < -0.3 is 9.32 Å². The molecular weight excluding hydrogens is 476 g/mol. The second-order valence-electron chi connectivity index (χ2n) is 7.48. The number of hydrogen-bond donors (Lipinski definition) is 0. The lowest BCUT2D eigenvalue weighted by atomic mass is 9.98. The molecule has 0 saturated carbocycles. The lowest BCUT2D eigenvalue weighted by molar-refractivity contribution is -0.384. The van der Waals surface area contributed by atoms with Crippen molar-refractivity contribution < 1.29 is 14.1 Å². The van der Waals surface area contributed by atoms with E-state index in [-0.39, 0.29) is 29.0 Å². The van der Waals surface area contributed by atoms with Gasteiger partial charge in [0.1, 0.15) is 5.58 Å². The Labute approximate surface area is 190 Å². The number of hydrogen-bond acceptors (Lipinski definition) is 5. The molecule has 2 heterocycles. The molecule has 4 aromatic rings. The minimum Gasteiger partial charge on any atom is -0.450 e. The number of nitro benzene ring substituents is 1. The standard InChI is InChI=1S/C24H15BrN2O5/c25-16-8-11-19-18(12-16)22(28)20-21(15-6-9-17(10-7-15)27(30)31)26(24(29)23(20)32-19)13-14-4-2-1-3-5-14/h1-12,21H,13H2/t21-/m0/s1. The lowest BCUT2D eigenvalue weighted by Crippen LogP contribution is -2.29. The van der Waals surface area contributed by atoms with E-state index in [4.69, 9.17) is 4.42 Å². The number of amides is 1. The van der Waals surface area contributed by atoms with Gasteiger partial charge in [-0.1, -0.05) is 46.3 Å². The van der Waals surface area contributed by atoms with Gasteiger partial charge in [0.15, 0.2) is 5.43 Å². The summed E-state index contributed by atoms with van der Waals surface area (Å²) in [6, 6.07) is 19.7. The molecule has 7 nitrogen and oxygen atoms in total. The smallest absolute Gasteiger partial charge is 0.291 e. The van der Waals surface area contributed by atoms with Crippen LogP contribution in [0.5, 0.6) is 0 Å². The second-order valence-corrected chi connectivity index (χ2v) is 8.40. The topological polar surface area (TPSA) is 93.7 Å². The fourth-order valence-corrected chi connectivity index (χ4v) is 4.42. The van der Waals surface area contributed by atoms with Gasteiger partial charge in [0, 0.05) is 23.2 Å². The van der Waals surface area contributed by atoms with E-state index in [1.807, 2.05) is 30.3 Å². The summed E-state index contributed by atoms with van der Waals surface area (Å²) in [5.74, 6) is -0.391. The molecule has 1 aliphatic heterocycles. The minimum absolute atomic E-state index is 0.00380. The maximum absolute atomic E-state index is 13.5. The highest BCUT2D eigenvalue weighted by atomic mass is 79.9. The zero-order valence-corrected chi connectivity index (χ0v) is 18.1. The zero-order chi connectivity index (χ0) is 22.4. The lowest BCUT2D eigenvalue weighted by Gasteiger charge is -2.25. The molecule has 1 amide bonds. The van der Waals surface area contributed by atoms with Crippen molar-refractivity contribution in [2.45, 2.75) is 12.6 Å². The molecule has 3 aromatic carbocycles. The average molecular weight is 491 g/mol. The first-order valence-corrected chi connectivity index (χ1v) is 10.6. The van der Waals surface area contributed by atoms with Crippen molar-refractivity contribution in [3.8, 4) is 0 Å². The number of carbonyl (C=O) groups is 1. The van der Waals surface area contributed by atoms with Crippen molar-refractivity contribution in [2.75, 3.05) is 0 Å². The number of nitro groups is 1. The van der Waals surface area contributed by atoms with Gasteiger partial charge in [-0.05, 0) is 41.5 Å². The Hall–Kier alpha value is -3.78. The van der Waals surface area contributed by atoms with E-state index in [9.17, 15) is 19.7 Å². The number of rotatable bonds is 4. The van der Waals surface area contributed by atoms with E-state index in [0.29, 0.717) is 16.5 Å². The van der Waals surface area contributed by atoms with E-state index in [2.05, 4.69) is 15.9 Å². The molecule has 0 aliphatic carbocycles. The van der Waals surface area contributed by atoms with Crippen LogP contribution in [0.4, 0.5) is 5.69 Å². The van der Waals surface area contributed by atoms with Crippen LogP contribution in [0.25, 0.3) is 11.0 Å². The van der Waals surface area contributed by atoms with E-state index >= 15 is 0 Å². The monoisotopic (exact) mass is 490 g/mol. The largest absolute Gasteiger partial charge is 0.450 e. The summed E-state index contributed by atoms with van der Waals surface area (Å²) in [5, 5.41) is 11.5. The van der Waals surface area contributed by atoms with E-state index in [0.717, 1.165) is 10.0 Å².